The molecule has 5 heteroatoms. The smallest absolute Gasteiger partial charge is 0.407 e. The van der Waals surface area contributed by atoms with Gasteiger partial charge in [-0.15, -0.1) is 11.8 Å². The van der Waals surface area contributed by atoms with E-state index in [1.54, 1.807) is 11.8 Å². The number of nitrogens with one attached hydrogen (secondary N) is 1. The highest BCUT2D eigenvalue weighted by molar-refractivity contribution is 8.11. The first-order chi connectivity index (χ1) is 7.35. The molecule has 4 nitrogen and oxygen atoms in total. The topological polar surface area (TPSA) is 50.7 Å². The highest BCUT2D eigenvalue weighted by Gasteiger charge is 2.15. The van der Waals surface area contributed by atoms with Crippen LogP contribution in [0.25, 0.3) is 0 Å². The zero-order valence-electron chi connectivity index (χ0n) is 10.7. The molecule has 0 fully saturated rings. The molecule has 0 aromatic carbocycles. The maximum atomic E-state index is 11.3. The maximum Gasteiger partial charge on any atom is 0.407 e. The van der Waals surface area contributed by atoms with Gasteiger partial charge in [0.15, 0.2) is 0 Å². The number of nitrogens with zero attached hydrogens (tertiary/aromatic N) is 1. The molecule has 1 amide bonds. The van der Waals surface area contributed by atoms with Gasteiger partial charge in [-0.05, 0) is 40.4 Å². The summed E-state index contributed by atoms with van der Waals surface area (Å²) in [6, 6.07) is 0.224. The molecule has 0 rings (SSSR count). The highest BCUT2D eigenvalue weighted by Crippen LogP contribution is 2.06. The lowest BCUT2D eigenvalue weighted by Gasteiger charge is -2.19. The second-order valence-electron chi connectivity index (χ2n) is 4.56. The van der Waals surface area contributed by atoms with E-state index in [0.717, 1.165) is 6.42 Å². The van der Waals surface area contributed by atoms with Crippen molar-refractivity contribution in [1.29, 1.82) is 0 Å². The molecule has 0 aliphatic carbocycles. The van der Waals surface area contributed by atoms with Gasteiger partial charge in [0.25, 0.3) is 0 Å². The van der Waals surface area contributed by atoms with Crippen molar-refractivity contribution in [2.75, 3.05) is 12.8 Å². The van der Waals surface area contributed by atoms with E-state index in [9.17, 15) is 4.79 Å². The SMILES string of the molecule is CS/C=N\C(C)CCNC(=O)OC(C)(C)C. The molecule has 1 N–H and O–H groups in total. The van der Waals surface area contributed by atoms with Gasteiger partial charge in [0, 0.05) is 12.6 Å². The van der Waals surface area contributed by atoms with Crippen LogP contribution in [0.3, 0.4) is 0 Å². The van der Waals surface area contributed by atoms with Crippen molar-refractivity contribution >= 4 is 23.4 Å². The van der Waals surface area contributed by atoms with Crippen molar-refractivity contribution in [1.82, 2.24) is 5.32 Å². The first-order valence-electron chi connectivity index (χ1n) is 5.36. The van der Waals surface area contributed by atoms with Crippen LogP contribution in [-0.4, -0.2) is 36.1 Å². The standard InChI is InChI=1S/C11H22N2O2S/c1-9(13-8-16-5)6-7-12-10(14)15-11(2,3)4/h8-9H,6-7H2,1-5H3,(H,12,14)/b13-8-. The number of carbonyl (C=O) groups is 1. The molecule has 0 bridgehead atoms. The quantitative estimate of drug-likeness (QED) is 0.599. The molecular formula is C11H22N2O2S. The Balaban J connectivity index is 3.66. The fourth-order valence-corrected chi connectivity index (χ4v) is 1.27. The third kappa shape index (κ3) is 9.83. The molecule has 0 saturated carbocycles. The van der Waals surface area contributed by atoms with E-state index >= 15 is 0 Å². The normalized spacial score (nSPS) is 13.8. The summed E-state index contributed by atoms with van der Waals surface area (Å²) < 4.78 is 5.11. The lowest BCUT2D eigenvalue weighted by molar-refractivity contribution is 0.0527. The summed E-state index contributed by atoms with van der Waals surface area (Å²) in [5.74, 6) is 0. The molecule has 0 radical (unpaired) electrons. The van der Waals surface area contributed by atoms with Crippen molar-refractivity contribution in [3.05, 3.63) is 0 Å². The number of carbonyl (C=O) groups excluding carboxylic acids is 1. The lowest BCUT2D eigenvalue weighted by Crippen LogP contribution is -2.33. The number of amides is 1. The molecule has 0 aliphatic heterocycles. The number of aliphatic imine (C=N–C) groups is 1. The Bertz CT molecular complexity index is 237. The van der Waals surface area contributed by atoms with Crippen molar-refractivity contribution in [2.24, 2.45) is 4.99 Å². The van der Waals surface area contributed by atoms with Crippen molar-refractivity contribution in [3.63, 3.8) is 0 Å². The predicted octanol–water partition coefficient (Wildman–Crippen LogP) is 2.68. The Morgan fingerprint density at radius 2 is 2.19 bits per heavy atom. The highest BCUT2D eigenvalue weighted by atomic mass is 32.2. The second-order valence-corrected chi connectivity index (χ2v) is 5.24. The van der Waals surface area contributed by atoms with E-state index < -0.39 is 5.60 Å². The molecule has 0 aliphatic rings. The minimum Gasteiger partial charge on any atom is -0.444 e. The van der Waals surface area contributed by atoms with Gasteiger partial charge in [0.05, 0.1) is 5.55 Å². The first-order valence-corrected chi connectivity index (χ1v) is 6.65. The summed E-state index contributed by atoms with van der Waals surface area (Å²) in [5.41, 5.74) is 1.38. The van der Waals surface area contributed by atoms with Gasteiger partial charge in [-0.25, -0.2) is 4.79 Å². The molecule has 94 valence electrons. The number of hydrogen-bond acceptors (Lipinski definition) is 4. The van der Waals surface area contributed by atoms with Crippen LogP contribution in [0.2, 0.25) is 0 Å². The maximum absolute atomic E-state index is 11.3. The Morgan fingerprint density at radius 3 is 2.69 bits per heavy atom. The van der Waals surface area contributed by atoms with Crippen LogP contribution in [-0.2, 0) is 4.74 Å². The Kier molecular flexibility index (Phi) is 7.21. The third-order valence-electron chi connectivity index (χ3n) is 1.65. The fourth-order valence-electron chi connectivity index (χ4n) is 0.937. The molecule has 0 aromatic rings. The van der Waals surface area contributed by atoms with Gasteiger partial charge in [-0.3, -0.25) is 4.99 Å². The average Bonchev–Trinajstić information content (AvgIpc) is 2.11. The molecular weight excluding hydrogens is 224 g/mol. The van der Waals surface area contributed by atoms with Crippen LogP contribution in [0.4, 0.5) is 4.79 Å². The monoisotopic (exact) mass is 246 g/mol. The van der Waals surface area contributed by atoms with Crippen LogP contribution < -0.4 is 5.32 Å². The van der Waals surface area contributed by atoms with E-state index in [1.807, 2.05) is 39.5 Å². The van der Waals surface area contributed by atoms with Crippen molar-refractivity contribution < 1.29 is 9.53 Å². The number of thioether (sulfide) groups is 1. The molecule has 0 aromatic heterocycles. The summed E-state index contributed by atoms with van der Waals surface area (Å²) in [4.78, 5) is 15.5. The Labute approximate surface area is 102 Å². The van der Waals surface area contributed by atoms with Crippen LogP contribution in [0.15, 0.2) is 4.99 Å². The van der Waals surface area contributed by atoms with E-state index in [2.05, 4.69) is 10.3 Å². The van der Waals surface area contributed by atoms with Crippen LogP contribution in [0.5, 0.6) is 0 Å². The number of rotatable bonds is 5. The van der Waals surface area contributed by atoms with Crippen LogP contribution >= 0.6 is 11.8 Å². The Hall–Kier alpha value is -0.710. The van der Waals surface area contributed by atoms with Gasteiger partial charge < -0.3 is 10.1 Å². The predicted molar refractivity (Wildman–Crippen MR) is 70.3 cm³/mol. The molecule has 1 unspecified atom stereocenters. The van der Waals surface area contributed by atoms with Gasteiger partial charge in [-0.2, -0.15) is 0 Å². The zero-order chi connectivity index (χ0) is 12.6. The summed E-state index contributed by atoms with van der Waals surface area (Å²) in [5, 5.41) is 2.70. The third-order valence-corrected chi connectivity index (χ3v) is 1.98. The first kappa shape index (κ1) is 15.3. The summed E-state index contributed by atoms with van der Waals surface area (Å²) in [6.45, 7) is 8.14. The fraction of sp³-hybridized carbons (Fsp3) is 0.818. The summed E-state index contributed by atoms with van der Waals surface area (Å²) in [6.07, 6.45) is 2.42. The van der Waals surface area contributed by atoms with Crippen LogP contribution in [0.1, 0.15) is 34.1 Å². The van der Waals surface area contributed by atoms with Gasteiger partial charge in [0.2, 0.25) is 0 Å². The van der Waals surface area contributed by atoms with Crippen LogP contribution in [0, 0.1) is 0 Å². The average molecular weight is 246 g/mol. The zero-order valence-corrected chi connectivity index (χ0v) is 11.6. The largest absolute Gasteiger partial charge is 0.444 e. The summed E-state index contributed by atoms with van der Waals surface area (Å²) >= 11 is 1.57. The lowest BCUT2D eigenvalue weighted by atomic mass is 10.2. The molecule has 1 atom stereocenters. The van der Waals surface area contributed by atoms with Crippen molar-refractivity contribution in [3.8, 4) is 0 Å². The number of ether oxygens (including phenoxy) is 1. The Morgan fingerprint density at radius 1 is 1.56 bits per heavy atom. The van der Waals surface area contributed by atoms with E-state index in [4.69, 9.17) is 4.74 Å². The molecule has 0 saturated heterocycles. The van der Waals surface area contributed by atoms with E-state index in [0.29, 0.717) is 6.54 Å². The molecule has 0 heterocycles. The summed E-state index contributed by atoms with van der Waals surface area (Å²) in [7, 11) is 0. The van der Waals surface area contributed by atoms with Gasteiger partial charge in [-0.1, -0.05) is 0 Å². The molecule has 0 spiro atoms. The van der Waals surface area contributed by atoms with Gasteiger partial charge in [0.1, 0.15) is 5.60 Å². The number of hydrogen-bond donors (Lipinski definition) is 1. The minimum atomic E-state index is -0.438. The second kappa shape index (κ2) is 7.54. The van der Waals surface area contributed by atoms with E-state index in [-0.39, 0.29) is 12.1 Å². The molecule has 16 heavy (non-hydrogen) atoms. The minimum absolute atomic E-state index is 0.224. The van der Waals surface area contributed by atoms with E-state index in [1.165, 1.54) is 0 Å². The number of alkyl carbamates (subject to hydrolysis) is 1. The van der Waals surface area contributed by atoms with Crippen molar-refractivity contribution in [2.45, 2.75) is 45.8 Å². The van der Waals surface area contributed by atoms with Gasteiger partial charge >= 0.3 is 6.09 Å².